The molecule has 4 heteroatoms. The van der Waals surface area contributed by atoms with E-state index in [9.17, 15) is 0 Å². The average Bonchev–Trinajstić information content (AvgIpc) is 2.89. The third-order valence-corrected chi connectivity index (χ3v) is 4.07. The molecule has 0 aliphatic heterocycles. The van der Waals surface area contributed by atoms with Gasteiger partial charge in [-0.05, 0) is 18.2 Å². The summed E-state index contributed by atoms with van der Waals surface area (Å²) in [7, 11) is 0. The van der Waals surface area contributed by atoms with E-state index in [1.807, 2.05) is 36.4 Å². The summed E-state index contributed by atoms with van der Waals surface area (Å²) >= 11 is 6.08. The van der Waals surface area contributed by atoms with Crippen LogP contribution in [0.15, 0.2) is 58.8 Å². The molecule has 0 aliphatic carbocycles. The SMILES string of the molecule is Nc1ccc(-c2nc(-c3ccccc3)cs2)c(S)c1. The van der Waals surface area contributed by atoms with Gasteiger partial charge in [0, 0.05) is 27.1 Å². The second-order valence-electron chi connectivity index (χ2n) is 4.18. The zero-order chi connectivity index (χ0) is 13.2. The smallest absolute Gasteiger partial charge is 0.125 e. The van der Waals surface area contributed by atoms with E-state index in [4.69, 9.17) is 5.73 Å². The Kier molecular flexibility index (Phi) is 3.27. The maximum atomic E-state index is 5.74. The predicted molar refractivity (Wildman–Crippen MR) is 84.7 cm³/mol. The Hall–Kier alpha value is -1.78. The molecule has 0 radical (unpaired) electrons. The molecular weight excluding hydrogens is 272 g/mol. The Morgan fingerprint density at radius 2 is 1.84 bits per heavy atom. The molecule has 19 heavy (non-hydrogen) atoms. The van der Waals surface area contributed by atoms with Crippen molar-refractivity contribution in [1.82, 2.24) is 4.98 Å². The second-order valence-corrected chi connectivity index (χ2v) is 5.52. The zero-order valence-corrected chi connectivity index (χ0v) is 11.8. The van der Waals surface area contributed by atoms with Gasteiger partial charge in [0.05, 0.1) is 5.69 Å². The number of nitrogen functional groups attached to an aromatic ring is 1. The molecule has 0 unspecified atom stereocenters. The number of nitrogens with zero attached hydrogens (tertiary/aromatic N) is 1. The van der Waals surface area contributed by atoms with E-state index in [1.54, 1.807) is 11.3 Å². The number of aromatic nitrogens is 1. The highest BCUT2D eigenvalue weighted by Crippen LogP contribution is 2.33. The van der Waals surface area contributed by atoms with Crippen LogP contribution in [0.2, 0.25) is 0 Å². The van der Waals surface area contributed by atoms with Crippen molar-refractivity contribution >= 4 is 29.7 Å². The van der Waals surface area contributed by atoms with Crippen molar-refractivity contribution in [2.75, 3.05) is 5.73 Å². The Morgan fingerprint density at radius 3 is 2.58 bits per heavy atom. The van der Waals surface area contributed by atoms with Gasteiger partial charge in [-0.25, -0.2) is 4.98 Å². The van der Waals surface area contributed by atoms with Gasteiger partial charge in [0.15, 0.2) is 0 Å². The minimum absolute atomic E-state index is 0.716. The van der Waals surface area contributed by atoms with Crippen LogP contribution in [-0.2, 0) is 0 Å². The minimum atomic E-state index is 0.716. The minimum Gasteiger partial charge on any atom is -0.399 e. The molecule has 0 aliphatic rings. The van der Waals surface area contributed by atoms with Crippen molar-refractivity contribution in [3.05, 3.63) is 53.9 Å². The standard InChI is InChI=1S/C15H12N2S2/c16-11-6-7-12(14(18)8-11)15-17-13(9-19-15)10-4-2-1-3-5-10/h1-9,18H,16H2. The summed E-state index contributed by atoms with van der Waals surface area (Å²) in [6, 6.07) is 15.8. The summed E-state index contributed by atoms with van der Waals surface area (Å²) in [4.78, 5) is 5.53. The van der Waals surface area contributed by atoms with E-state index in [2.05, 4.69) is 35.1 Å². The predicted octanol–water partition coefficient (Wildman–Crippen LogP) is 4.35. The van der Waals surface area contributed by atoms with Crippen molar-refractivity contribution in [3.8, 4) is 21.8 Å². The highest BCUT2D eigenvalue weighted by molar-refractivity contribution is 7.80. The van der Waals surface area contributed by atoms with Crippen LogP contribution in [0.1, 0.15) is 0 Å². The van der Waals surface area contributed by atoms with Gasteiger partial charge in [0.25, 0.3) is 0 Å². The zero-order valence-electron chi connectivity index (χ0n) is 10.1. The number of hydrogen-bond acceptors (Lipinski definition) is 4. The number of nitrogens with two attached hydrogens (primary N) is 1. The molecule has 0 amide bonds. The van der Waals surface area contributed by atoms with Crippen molar-refractivity contribution < 1.29 is 0 Å². The van der Waals surface area contributed by atoms with Crippen LogP contribution in [-0.4, -0.2) is 4.98 Å². The van der Waals surface area contributed by atoms with Gasteiger partial charge in [0.1, 0.15) is 5.01 Å². The quantitative estimate of drug-likeness (QED) is 0.542. The number of benzene rings is 2. The lowest BCUT2D eigenvalue weighted by Gasteiger charge is -2.02. The third-order valence-electron chi connectivity index (χ3n) is 2.83. The largest absolute Gasteiger partial charge is 0.399 e. The molecule has 2 aromatic carbocycles. The number of thiol groups is 1. The van der Waals surface area contributed by atoms with Gasteiger partial charge in [-0.1, -0.05) is 30.3 Å². The van der Waals surface area contributed by atoms with E-state index in [1.165, 1.54) is 0 Å². The highest BCUT2D eigenvalue weighted by atomic mass is 32.1. The van der Waals surface area contributed by atoms with Crippen molar-refractivity contribution in [3.63, 3.8) is 0 Å². The first-order valence-corrected chi connectivity index (χ1v) is 7.16. The number of hydrogen-bond donors (Lipinski definition) is 2. The summed E-state index contributed by atoms with van der Waals surface area (Å²) < 4.78 is 0. The fourth-order valence-corrected chi connectivity index (χ4v) is 3.14. The topological polar surface area (TPSA) is 38.9 Å². The van der Waals surface area contributed by atoms with Crippen LogP contribution >= 0.6 is 24.0 Å². The van der Waals surface area contributed by atoms with Crippen molar-refractivity contribution in [2.24, 2.45) is 0 Å². The maximum Gasteiger partial charge on any atom is 0.125 e. The lowest BCUT2D eigenvalue weighted by Crippen LogP contribution is -1.86. The van der Waals surface area contributed by atoms with Gasteiger partial charge in [-0.3, -0.25) is 0 Å². The van der Waals surface area contributed by atoms with Crippen molar-refractivity contribution in [2.45, 2.75) is 4.90 Å². The lowest BCUT2D eigenvalue weighted by atomic mass is 10.2. The van der Waals surface area contributed by atoms with E-state index in [0.717, 1.165) is 26.7 Å². The molecule has 0 spiro atoms. The fraction of sp³-hybridized carbons (Fsp3) is 0. The normalized spacial score (nSPS) is 10.6. The summed E-state index contributed by atoms with van der Waals surface area (Å²) in [5, 5.41) is 3.03. The molecule has 0 atom stereocenters. The van der Waals surface area contributed by atoms with E-state index >= 15 is 0 Å². The summed E-state index contributed by atoms with van der Waals surface area (Å²) in [5.74, 6) is 0. The van der Waals surface area contributed by atoms with Crippen LogP contribution in [0.25, 0.3) is 21.8 Å². The van der Waals surface area contributed by atoms with Gasteiger partial charge in [-0.15, -0.1) is 24.0 Å². The highest BCUT2D eigenvalue weighted by Gasteiger charge is 2.09. The monoisotopic (exact) mass is 284 g/mol. The number of rotatable bonds is 2. The lowest BCUT2D eigenvalue weighted by molar-refractivity contribution is 1.36. The van der Waals surface area contributed by atoms with Crippen LogP contribution in [0.3, 0.4) is 0 Å². The molecule has 0 saturated heterocycles. The molecule has 0 bridgehead atoms. The van der Waals surface area contributed by atoms with E-state index < -0.39 is 0 Å². The Morgan fingerprint density at radius 1 is 1.05 bits per heavy atom. The summed E-state index contributed by atoms with van der Waals surface area (Å²) in [6.45, 7) is 0. The molecule has 3 aromatic rings. The second kappa shape index (κ2) is 5.07. The summed E-state index contributed by atoms with van der Waals surface area (Å²) in [6.07, 6.45) is 0. The Balaban J connectivity index is 2.02. The van der Waals surface area contributed by atoms with Gasteiger partial charge in [0.2, 0.25) is 0 Å². The average molecular weight is 284 g/mol. The van der Waals surface area contributed by atoms with Gasteiger partial charge in [-0.2, -0.15) is 0 Å². The molecule has 1 aromatic heterocycles. The first kappa shape index (κ1) is 12.3. The molecule has 0 saturated carbocycles. The number of anilines is 1. The van der Waals surface area contributed by atoms with E-state index in [-0.39, 0.29) is 0 Å². The molecule has 3 rings (SSSR count). The first-order chi connectivity index (χ1) is 9.24. The fourth-order valence-electron chi connectivity index (χ4n) is 1.87. The summed E-state index contributed by atoms with van der Waals surface area (Å²) in [5.41, 5.74) is 9.59. The molecule has 2 N–H and O–H groups in total. The van der Waals surface area contributed by atoms with Gasteiger partial charge >= 0.3 is 0 Å². The van der Waals surface area contributed by atoms with Crippen LogP contribution < -0.4 is 5.73 Å². The Bertz CT molecular complexity index is 705. The Labute approximate surface area is 121 Å². The molecule has 0 fully saturated rings. The molecule has 1 heterocycles. The van der Waals surface area contributed by atoms with Gasteiger partial charge < -0.3 is 5.73 Å². The first-order valence-electron chi connectivity index (χ1n) is 5.84. The molecule has 94 valence electrons. The van der Waals surface area contributed by atoms with E-state index in [0.29, 0.717) is 5.69 Å². The van der Waals surface area contributed by atoms with Crippen LogP contribution in [0, 0.1) is 0 Å². The third kappa shape index (κ3) is 2.50. The molecular formula is C15H12N2S2. The number of thiazole rings is 1. The maximum absolute atomic E-state index is 5.74. The van der Waals surface area contributed by atoms with Crippen LogP contribution in [0.5, 0.6) is 0 Å². The van der Waals surface area contributed by atoms with Crippen LogP contribution in [0.4, 0.5) is 5.69 Å². The van der Waals surface area contributed by atoms with Crippen molar-refractivity contribution in [1.29, 1.82) is 0 Å². The molecule has 2 nitrogen and oxygen atoms in total.